The summed E-state index contributed by atoms with van der Waals surface area (Å²) in [5.74, 6) is 0.189. The van der Waals surface area contributed by atoms with Gasteiger partial charge in [0.1, 0.15) is 5.75 Å². The molecule has 0 saturated heterocycles. The maximum absolute atomic E-state index is 11.6. The second kappa shape index (κ2) is 4.78. The van der Waals surface area contributed by atoms with Crippen molar-refractivity contribution in [2.24, 2.45) is 5.92 Å². The van der Waals surface area contributed by atoms with Crippen LogP contribution in [0.5, 0.6) is 5.75 Å². The van der Waals surface area contributed by atoms with Gasteiger partial charge in [-0.2, -0.15) is 0 Å². The Morgan fingerprint density at radius 1 is 1.53 bits per heavy atom. The maximum atomic E-state index is 11.6. The lowest BCUT2D eigenvalue weighted by Gasteiger charge is -2.29. The minimum atomic E-state index is -0.175. The number of phenols is 1. The summed E-state index contributed by atoms with van der Waals surface area (Å²) in [7, 11) is 1.42. The van der Waals surface area contributed by atoms with Crippen molar-refractivity contribution in [2.45, 2.75) is 32.1 Å². The molecule has 2 rings (SSSR count). The number of rotatable bonds is 2. The van der Waals surface area contributed by atoms with Crippen molar-refractivity contribution in [1.82, 2.24) is 0 Å². The van der Waals surface area contributed by atoms with Gasteiger partial charge in [-0.15, -0.1) is 0 Å². The van der Waals surface area contributed by atoms with E-state index >= 15 is 0 Å². The Bertz CT molecular complexity index is 425. The zero-order valence-corrected chi connectivity index (χ0v) is 10.3. The highest BCUT2D eigenvalue weighted by Crippen LogP contribution is 2.40. The Hall–Kier alpha value is -1.51. The van der Waals surface area contributed by atoms with E-state index in [0.717, 1.165) is 30.4 Å². The van der Waals surface area contributed by atoms with Gasteiger partial charge in [-0.25, -0.2) is 0 Å². The maximum Gasteiger partial charge on any atom is 0.308 e. The van der Waals surface area contributed by atoms with Crippen LogP contribution in [0.15, 0.2) is 18.2 Å². The SMILES string of the molecule is COC(=O)C(C)C1CCCc2c(O)cccc21. The van der Waals surface area contributed by atoms with Gasteiger partial charge in [-0.1, -0.05) is 19.1 Å². The van der Waals surface area contributed by atoms with Gasteiger partial charge in [0, 0.05) is 0 Å². The number of ether oxygens (including phenoxy) is 1. The van der Waals surface area contributed by atoms with Gasteiger partial charge in [-0.05, 0) is 42.4 Å². The summed E-state index contributed by atoms with van der Waals surface area (Å²) in [5.41, 5.74) is 2.11. The molecule has 0 aliphatic heterocycles. The summed E-state index contributed by atoms with van der Waals surface area (Å²) in [5, 5.41) is 9.84. The number of benzene rings is 1. The largest absolute Gasteiger partial charge is 0.508 e. The van der Waals surface area contributed by atoms with E-state index in [-0.39, 0.29) is 17.8 Å². The first-order chi connectivity index (χ1) is 8.15. The number of hydrogen-bond acceptors (Lipinski definition) is 3. The second-order valence-electron chi connectivity index (χ2n) is 4.66. The van der Waals surface area contributed by atoms with Crippen LogP contribution in [0, 0.1) is 5.92 Å². The second-order valence-corrected chi connectivity index (χ2v) is 4.66. The molecule has 0 aromatic heterocycles. The fraction of sp³-hybridized carbons (Fsp3) is 0.500. The molecule has 0 amide bonds. The molecule has 3 heteroatoms. The molecule has 1 aliphatic rings. The molecule has 1 N–H and O–H groups in total. The fourth-order valence-electron chi connectivity index (χ4n) is 2.74. The molecular formula is C14H18O3. The third-order valence-electron chi connectivity index (χ3n) is 3.71. The molecule has 92 valence electrons. The van der Waals surface area contributed by atoms with Gasteiger partial charge in [0.25, 0.3) is 0 Å². The van der Waals surface area contributed by atoms with E-state index in [9.17, 15) is 9.90 Å². The van der Waals surface area contributed by atoms with Gasteiger partial charge in [0.15, 0.2) is 0 Å². The minimum absolute atomic E-state index is 0.152. The topological polar surface area (TPSA) is 46.5 Å². The number of fused-ring (bicyclic) bond motifs is 1. The van der Waals surface area contributed by atoms with Crippen LogP contribution in [-0.2, 0) is 16.0 Å². The van der Waals surface area contributed by atoms with E-state index in [2.05, 4.69) is 0 Å². The third-order valence-corrected chi connectivity index (χ3v) is 3.71. The zero-order chi connectivity index (χ0) is 12.4. The van der Waals surface area contributed by atoms with Crippen molar-refractivity contribution >= 4 is 5.97 Å². The molecule has 17 heavy (non-hydrogen) atoms. The zero-order valence-electron chi connectivity index (χ0n) is 10.3. The van der Waals surface area contributed by atoms with Crippen LogP contribution in [0.4, 0.5) is 0 Å². The molecule has 0 heterocycles. The molecule has 0 spiro atoms. The lowest BCUT2D eigenvalue weighted by molar-refractivity contribution is -0.145. The smallest absolute Gasteiger partial charge is 0.308 e. The Morgan fingerprint density at radius 3 is 3.00 bits per heavy atom. The Kier molecular flexibility index (Phi) is 3.36. The highest BCUT2D eigenvalue weighted by atomic mass is 16.5. The summed E-state index contributed by atoms with van der Waals surface area (Å²) < 4.78 is 4.81. The lowest BCUT2D eigenvalue weighted by Crippen LogP contribution is -2.24. The van der Waals surface area contributed by atoms with Gasteiger partial charge in [0.05, 0.1) is 13.0 Å². The summed E-state index contributed by atoms with van der Waals surface area (Å²) in [6, 6.07) is 5.57. The van der Waals surface area contributed by atoms with E-state index < -0.39 is 0 Å². The summed E-state index contributed by atoms with van der Waals surface area (Å²) in [4.78, 5) is 11.6. The number of hydrogen-bond donors (Lipinski definition) is 1. The molecule has 2 unspecified atom stereocenters. The predicted molar refractivity (Wildman–Crippen MR) is 65.0 cm³/mol. The van der Waals surface area contributed by atoms with E-state index in [1.165, 1.54) is 7.11 Å². The number of methoxy groups -OCH3 is 1. The van der Waals surface area contributed by atoms with Crippen LogP contribution in [0.25, 0.3) is 0 Å². The van der Waals surface area contributed by atoms with Crippen molar-refractivity contribution in [3.8, 4) is 5.75 Å². The van der Waals surface area contributed by atoms with Crippen molar-refractivity contribution in [3.63, 3.8) is 0 Å². The fourth-order valence-corrected chi connectivity index (χ4v) is 2.74. The Labute approximate surface area is 101 Å². The molecule has 0 bridgehead atoms. The molecule has 0 fully saturated rings. The highest BCUT2D eigenvalue weighted by Gasteiger charge is 2.30. The highest BCUT2D eigenvalue weighted by molar-refractivity contribution is 5.73. The molecule has 1 aliphatic carbocycles. The van der Waals surface area contributed by atoms with Crippen molar-refractivity contribution < 1.29 is 14.6 Å². The lowest BCUT2D eigenvalue weighted by atomic mass is 9.76. The first-order valence-corrected chi connectivity index (χ1v) is 6.03. The molecular weight excluding hydrogens is 216 g/mol. The van der Waals surface area contributed by atoms with Crippen LogP contribution >= 0.6 is 0 Å². The molecule has 0 radical (unpaired) electrons. The Balaban J connectivity index is 2.35. The van der Waals surface area contributed by atoms with Crippen LogP contribution in [-0.4, -0.2) is 18.2 Å². The van der Waals surface area contributed by atoms with Crippen LogP contribution in [0.3, 0.4) is 0 Å². The van der Waals surface area contributed by atoms with E-state index in [4.69, 9.17) is 4.74 Å². The Morgan fingerprint density at radius 2 is 2.29 bits per heavy atom. The third kappa shape index (κ3) is 2.14. The first-order valence-electron chi connectivity index (χ1n) is 6.03. The molecule has 1 aromatic carbocycles. The van der Waals surface area contributed by atoms with Gasteiger partial charge in [0.2, 0.25) is 0 Å². The predicted octanol–water partition coefficient (Wildman–Crippen LogP) is 2.62. The van der Waals surface area contributed by atoms with Crippen LogP contribution < -0.4 is 0 Å². The number of esters is 1. The molecule has 2 atom stereocenters. The summed E-state index contributed by atoms with van der Waals surface area (Å²) in [6.45, 7) is 1.90. The van der Waals surface area contributed by atoms with Crippen molar-refractivity contribution in [1.29, 1.82) is 0 Å². The van der Waals surface area contributed by atoms with Crippen molar-refractivity contribution in [3.05, 3.63) is 29.3 Å². The van der Waals surface area contributed by atoms with E-state index in [0.29, 0.717) is 5.75 Å². The number of phenolic OH excluding ortho intramolecular Hbond substituents is 1. The van der Waals surface area contributed by atoms with Crippen LogP contribution in [0.2, 0.25) is 0 Å². The minimum Gasteiger partial charge on any atom is -0.508 e. The van der Waals surface area contributed by atoms with Gasteiger partial charge >= 0.3 is 5.97 Å². The molecule has 3 nitrogen and oxygen atoms in total. The molecule has 1 aromatic rings. The van der Waals surface area contributed by atoms with E-state index in [1.807, 2.05) is 19.1 Å². The number of carbonyl (C=O) groups is 1. The monoisotopic (exact) mass is 234 g/mol. The van der Waals surface area contributed by atoms with Crippen molar-refractivity contribution in [2.75, 3.05) is 7.11 Å². The first kappa shape index (κ1) is 12.0. The van der Waals surface area contributed by atoms with E-state index in [1.54, 1.807) is 6.07 Å². The normalized spacial score (nSPS) is 20.5. The van der Waals surface area contributed by atoms with Gasteiger partial charge in [-0.3, -0.25) is 4.79 Å². The average molecular weight is 234 g/mol. The number of carbonyl (C=O) groups excluding carboxylic acids is 1. The average Bonchev–Trinajstić information content (AvgIpc) is 2.37. The standard InChI is InChI=1S/C14H18O3/c1-9(14(16)17-2)10-5-3-7-12-11(10)6-4-8-13(12)15/h4,6,8-10,15H,3,5,7H2,1-2H3. The summed E-state index contributed by atoms with van der Waals surface area (Å²) in [6.07, 6.45) is 2.88. The number of aromatic hydroxyl groups is 1. The molecule has 0 saturated carbocycles. The van der Waals surface area contributed by atoms with Crippen LogP contribution in [0.1, 0.15) is 36.8 Å². The van der Waals surface area contributed by atoms with Gasteiger partial charge < -0.3 is 9.84 Å². The summed E-state index contributed by atoms with van der Waals surface area (Å²) >= 11 is 0. The quantitative estimate of drug-likeness (QED) is 0.800.